The summed E-state index contributed by atoms with van der Waals surface area (Å²) in [4.78, 5) is 17.6. The monoisotopic (exact) mass is 357 g/mol. The van der Waals surface area contributed by atoms with Crippen molar-refractivity contribution in [3.63, 3.8) is 0 Å². The summed E-state index contributed by atoms with van der Waals surface area (Å²) in [6, 6.07) is 0. The Morgan fingerprint density at radius 1 is 0.773 bits per heavy atom. The van der Waals surface area contributed by atoms with Gasteiger partial charge < -0.3 is 26.7 Å². The van der Waals surface area contributed by atoms with Crippen molar-refractivity contribution >= 4 is 7.60 Å². The molecule has 0 fully saturated rings. The van der Waals surface area contributed by atoms with E-state index in [4.69, 9.17) is 9.79 Å². The molecule has 0 aromatic carbocycles. The van der Waals surface area contributed by atoms with Crippen molar-refractivity contribution in [3.8, 4) is 0 Å². The van der Waals surface area contributed by atoms with Gasteiger partial charge in [-0.05, 0) is 32.1 Å². The quantitative estimate of drug-likeness (QED) is 0.279. The van der Waals surface area contributed by atoms with Crippen LogP contribution in [0.4, 0.5) is 0 Å². The van der Waals surface area contributed by atoms with E-state index in [0.29, 0.717) is 6.42 Å². The minimum atomic E-state index is -3.78. The number of halogens is 1. The van der Waals surface area contributed by atoms with Crippen LogP contribution in [-0.2, 0) is 4.57 Å². The van der Waals surface area contributed by atoms with Crippen molar-refractivity contribution < 1.29 is 31.2 Å². The first kappa shape index (κ1) is 24.6. The molecule has 0 unspecified atom stereocenters. The molecule has 0 aromatic rings. The summed E-state index contributed by atoms with van der Waals surface area (Å²) >= 11 is 0. The van der Waals surface area contributed by atoms with E-state index in [1.807, 2.05) is 0 Å². The highest BCUT2D eigenvalue weighted by Crippen LogP contribution is 2.35. The molecule has 0 aliphatic rings. The molecule has 0 saturated carbocycles. The van der Waals surface area contributed by atoms with Crippen LogP contribution in [0.25, 0.3) is 0 Å². The Kier molecular flexibility index (Phi) is 15.5. The minimum Gasteiger partial charge on any atom is -1.00 e. The summed E-state index contributed by atoms with van der Waals surface area (Å²) in [5.41, 5.74) is 0. The SMILES string of the molecule is CCCCCCCC[N+](C)(C)CCCCCCP(=O)(O)O.[Cl-]. The van der Waals surface area contributed by atoms with Crippen LogP contribution in [0.1, 0.15) is 71.1 Å². The van der Waals surface area contributed by atoms with Gasteiger partial charge in [0.05, 0.1) is 27.2 Å². The summed E-state index contributed by atoms with van der Waals surface area (Å²) in [5, 5.41) is 0. The van der Waals surface area contributed by atoms with Crippen LogP contribution in [0, 0.1) is 0 Å². The molecule has 0 aliphatic carbocycles. The van der Waals surface area contributed by atoms with Gasteiger partial charge in [0.15, 0.2) is 0 Å². The zero-order valence-corrected chi connectivity index (χ0v) is 16.4. The number of hydrogen-bond donors (Lipinski definition) is 2. The average Bonchev–Trinajstić information content (AvgIpc) is 2.36. The van der Waals surface area contributed by atoms with Gasteiger partial charge in [-0.25, -0.2) is 0 Å². The molecule has 0 saturated heterocycles. The predicted octanol–water partition coefficient (Wildman–Crippen LogP) is 1.17. The molecule has 136 valence electrons. The lowest BCUT2D eigenvalue weighted by Crippen LogP contribution is -3.00. The Balaban J connectivity index is 0. The van der Waals surface area contributed by atoms with Crippen LogP contribution < -0.4 is 12.4 Å². The van der Waals surface area contributed by atoms with Crippen molar-refractivity contribution in [2.75, 3.05) is 33.3 Å². The third kappa shape index (κ3) is 18.4. The van der Waals surface area contributed by atoms with E-state index >= 15 is 0 Å². The molecule has 0 heterocycles. The highest BCUT2D eigenvalue weighted by Gasteiger charge is 2.14. The van der Waals surface area contributed by atoms with Crippen LogP contribution in [0.15, 0.2) is 0 Å². The molecule has 0 radical (unpaired) electrons. The van der Waals surface area contributed by atoms with Gasteiger partial charge in [-0.2, -0.15) is 0 Å². The van der Waals surface area contributed by atoms with Gasteiger partial charge in [0.25, 0.3) is 0 Å². The summed E-state index contributed by atoms with van der Waals surface area (Å²) in [5.74, 6) is 0. The van der Waals surface area contributed by atoms with E-state index in [2.05, 4.69) is 21.0 Å². The summed E-state index contributed by atoms with van der Waals surface area (Å²) in [6.45, 7) is 4.67. The number of nitrogens with zero attached hydrogens (tertiary/aromatic N) is 1. The van der Waals surface area contributed by atoms with Crippen molar-refractivity contribution in [3.05, 3.63) is 0 Å². The molecule has 0 bridgehead atoms. The standard InChI is InChI=1S/C16H36NO3P.ClH/c1-4-5-6-7-8-11-14-17(2,3)15-12-9-10-13-16-21(18,19)20;/h4-16H2,1-3H3,(H-,18,19,20);1H. The van der Waals surface area contributed by atoms with Crippen molar-refractivity contribution in [1.29, 1.82) is 0 Å². The molecular formula is C16H37ClNO3P. The Morgan fingerprint density at radius 2 is 1.18 bits per heavy atom. The van der Waals surface area contributed by atoms with Gasteiger partial charge in [0, 0.05) is 6.16 Å². The van der Waals surface area contributed by atoms with Gasteiger partial charge >= 0.3 is 7.60 Å². The maximum absolute atomic E-state index is 10.7. The van der Waals surface area contributed by atoms with E-state index in [0.717, 1.165) is 23.7 Å². The van der Waals surface area contributed by atoms with Crippen molar-refractivity contribution in [1.82, 2.24) is 0 Å². The third-order valence-corrected chi connectivity index (χ3v) is 4.98. The first-order valence-electron chi connectivity index (χ1n) is 8.63. The first-order valence-corrected chi connectivity index (χ1v) is 10.4. The molecule has 0 amide bonds. The van der Waals surface area contributed by atoms with Crippen LogP contribution in [0.3, 0.4) is 0 Å². The molecular weight excluding hydrogens is 321 g/mol. The number of unbranched alkanes of at least 4 members (excludes halogenated alkanes) is 8. The highest BCUT2D eigenvalue weighted by molar-refractivity contribution is 7.51. The van der Waals surface area contributed by atoms with Crippen molar-refractivity contribution in [2.45, 2.75) is 71.1 Å². The molecule has 0 rings (SSSR count). The summed E-state index contributed by atoms with van der Waals surface area (Å²) in [7, 11) is 0.809. The normalized spacial score (nSPS) is 12.2. The zero-order chi connectivity index (χ0) is 16.2. The van der Waals surface area contributed by atoms with Gasteiger partial charge in [-0.1, -0.05) is 39.0 Å². The Labute approximate surface area is 143 Å². The van der Waals surface area contributed by atoms with Gasteiger partial charge in [-0.3, -0.25) is 4.57 Å². The second kappa shape index (κ2) is 13.8. The average molecular weight is 358 g/mol. The van der Waals surface area contributed by atoms with E-state index in [-0.39, 0.29) is 18.6 Å². The fraction of sp³-hybridized carbons (Fsp3) is 1.00. The predicted molar refractivity (Wildman–Crippen MR) is 90.6 cm³/mol. The smallest absolute Gasteiger partial charge is 0.325 e. The van der Waals surface area contributed by atoms with E-state index < -0.39 is 7.60 Å². The van der Waals surface area contributed by atoms with E-state index in [1.165, 1.54) is 51.6 Å². The fourth-order valence-electron chi connectivity index (χ4n) is 2.64. The molecule has 0 aromatic heterocycles. The van der Waals surface area contributed by atoms with Crippen LogP contribution in [0.5, 0.6) is 0 Å². The Hall–Kier alpha value is 0.400. The topological polar surface area (TPSA) is 57.5 Å². The number of hydrogen-bond acceptors (Lipinski definition) is 1. The van der Waals surface area contributed by atoms with Gasteiger partial charge in [0.1, 0.15) is 0 Å². The van der Waals surface area contributed by atoms with Crippen LogP contribution >= 0.6 is 7.60 Å². The minimum absolute atomic E-state index is 0. The molecule has 22 heavy (non-hydrogen) atoms. The fourth-order valence-corrected chi connectivity index (χ4v) is 3.28. The van der Waals surface area contributed by atoms with E-state index in [1.54, 1.807) is 0 Å². The third-order valence-electron chi connectivity index (χ3n) is 4.08. The number of rotatable bonds is 14. The lowest BCUT2D eigenvalue weighted by atomic mass is 10.1. The Morgan fingerprint density at radius 3 is 1.64 bits per heavy atom. The van der Waals surface area contributed by atoms with Crippen LogP contribution in [-0.4, -0.2) is 47.6 Å². The van der Waals surface area contributed by atoms with Gasteiger partial charge in [-0.15, -0.1) is 0 Å². The molecule has 0 spiro atoms. The largest absolute Gasteiger partial charge is 1.00 e. The number of quaternary nitrogens is 1. The highest BCUT2D eigenvalue weighted by atomic mass is 35.5. The summed E-state index contributed by atoms with van der Waals surface area (Å²) < 4.78 is 11.8. The maximum Gasteiger partial charge on any atom is 0.325 e. The lowest BCUT2D eigenvalue weighted by molar-refractivity contribution is -0.890. The molecule has 2 N–H and O–H groups in total. The molecule has 0 aliphatic heterocycles. The second-order valence-electron chi connectivity index (χ2n) is 6.95. The molecule has 0 atom stereocenters. The van der Waals surface area contributed by atoms with Crippen LogP contribution in [0.2, 0.25) is 0 Å². The lowest BCUT2D eigenvalue weighted by Gasteiger charge is -2.30. The molecule has 6 heteroatoms. The van der Waals surface area contributed by atoms with Gasteiger partial charge in [0.2, 0.25) is 0 Å². The van der Waals surface area contributed by atoms with Crippen molar-refractivity contribution in [2.24, 2.45) is 0 Å². The zero-order valence-electron chi connectivity index (χ0n) is 14.8. The molecule has 4 nitrogen and oxygen atoms in total. The Bertz CT molecular complexity index is 295. The maximum atomic E-state index is 10.7. The summed E-state index contributed by atoms with van der Waals surface area (Å²) in [6.07, 6.45) is 12.0. The first-order chi connectivity index (χ1) is 9.77. The second-order valence-corrected chi connectivity index (χ2v) is 8.73. The van der Waals surface area contributed by atoms with E-state index in [9.17, 15) is 4.57 Å².